The van der Waals surface area contributed by atoms with Gasteiger partial charge in [-0.15, -0.1) is 0 Å². The lowest BCUT2D eigenvalue weighted by atomic mass is 9.79. The summed E-state index contributed by atoms with van der Waals surface area (Å²) in [5.41, 5.74) is -0.974. The minimum absolute atomic E-state index is 0.0190. The maximum atomic E-state index is 13.1. The van der Waals surface area contributed by atoms with Crippen molar-refractivity contribution in [2.24, 2.45) is 5.92 Å². The van der Waals surface area contributed by atoms with Gasteiger partial charge < -0.3 is 44.9 Å². The summed E-state index contributed by atoms with van der Waals surface area (Å²) in [5.74, 6) is -1.82. The van der Waals surface area contributed by atoms with Gasteiger partial charge in [-0.05, 0) is 72.1 Å². The number of hydrogen-bond acceptors (Lipinski definition) is 11. The fraction of sp³-hybridized carbons (Fsp3) is 0.667. The van der Waals surface area contributed by atoms with Crippen LogP contribution in [0.5, 0.6) is 5.75 Å². The number of rotatable bonds is 10. The molecule has 2 amide bonds. The average Bonchev–Trinajstić information content (AvgIpc) is 2.86. The van der Waals surface area contributed by atoms with Gasteiger partial charge in [0, 0.05) is 18.8 Å². The van der Waals surface area contributed by atoms with Crippen LogP contribution in [0, 0.1) is 5.92 Å². The van der Waals surface area contributed by atoms with Gasteiger partial charge in [-0.25, -0.2) is 14.4 Å². The largest absolute Gasteiger partial charge is 0.514 e. The van der Waals surface area contributed by atoms with E-state index >= 15 is 0 Å². The molecule has 0 aliphatic heterocycles. The second-order valence-electron chi connectivity index (χ2n) is 12.6. The van der Waals surface area contributed by atoms with Crippen LogP contribution in [-0.2, 0) is 30.2 Å². The zero-order chi connectivity index (χ0) is 32.5. The summed E-state index contributed by atoms with van der Waals surface area (Å²) in [6, 6.07) is 3.94. The highest BCUT2D eigenvalue weighted by atomic mass is 16.7. The third-order valence-corrected chi connectivity index (χ3v) is 6.33. The molecule has 0 radical (unpaired) electrons. The van der Waals surface area contributed by atoms with E-state index in [1.807, 2.05) is 6.92 Å². The van der Waals surface area contributed by atoms with Gasteiger partial charge in [0.05, 0.1) is 24.9 Å². The molecular weight excluding hydrogens is 564 g/mol. The predicted molar refractivity (Wildman–Crippen MR) is 154 cm³/mol. The quantitative estimate of drug-likeness (QED) is 0.149. The van der Waals surface area contributed by atoms with Crippen molar-refractivity contribution in [3.63, 3.8) is 0 Å². The molecule has 2 rings (SSSR count). The second-order valence-corrected chi connectivity index (χ2v) is 12.6. The molecule has 13 heteroatoms. The number of ether oxygens (including phenoxy) is 4. The van der Waals surface area contributed by atoms with Crippen LogP contribution < -0.4 is 15.4 Å². The number of hydrogen-bond donors (Lipinski definition) is 5. The first-order valence-corrected chi connectivity index (χ1v) is 14.4. The Balaban J connectivity index is 2.09. The maximum absolute atomic E-state index is 13.1. The highest BCUT2D eigenvalue weighted by Crippen LogP contribution is 2.27. The van der Waals surface area contributed by atoms with E-state index in [1.54, 1.807) is 53.7 Å². The van der Waals surface area contributed by atoms with Crippen LogP contribution >= 0.6 is 0 Å². The van der Waals surface area contributed by atoms with E-state index in [4.69, 9.17) is 18.9 Å². The summed E-state index contributed by atoms with van der Waals surface area (Å²) in [4.78, 5) is 49.6. The van der Waals surface area contributed by atoms with Crippen LogP contribution in [-0.4, -0.2) is 87.6 Å². The second kappa shape index (κ2) is 15.3. The number of carbonyl (C=O) groups excluding carboxylic acids is 4. The summed E-state index contributed by atoms with van der Waals surface area (Å²) >= 11 is 0. The summed E-state index contributed by atoms with van der Waals surface area (Å²) < 4.78 is 21.0. The molecule has 43 heavy (non-hydrogen) atoms. The zero-order valence-electron chi connectivity index (χ0n) is 25.9. The van der Waals surface area contributed by atoms with Gasteiger partial charge in [0.15, 0.2) is 0 Å². The molecule has 1 aromatic rings. The predicted octanol–water partition coefficient (Wildman–Crippen LogP) is 2.37. The first-order chi connectivity index (χ1) is 19.9. The average molecular weight is 611 g/mol. The molecule has 6 atom stereocenters. The number of esters is 1. The van der Waals surface area contributed by atoms with E-state index < -0.39 is 65.7 Å². The van der Waals surface area contributed by atoms with E-state index in [0.717, 1.165) is 0 Å². The first kappa shape index (κ1) is 35.8. The van der Waals surface area contributed by atoms with Crippen LogP contribution in [0.25, 0.3) is 0 Å². The number of aliphatic hydroxyl groups is 3. The molecule has 0 saturated heterocycles. The molecular formula is C30H46N2O11. The van der Waals surface area contributed by atoms with Crippen LogP contribution in [0.3, 0.4) is 0 Å². The van der Waals surface area contributed by atoms with Crippen molar-refractivity contribution < 1.29 is 53.4 Å². The molecule has 1 aliphatic carbocycles. The van der Waals surface area contributed by atoms with Gasteiger partial charge in [-0.3, -0.25) is 4.79 Å². The topological polar surface area (TPSA) is 190 Å². The highest BCUT2D eigenvalue weighted by molar-refractivity contribution is 5.82. The number of amides is 2. The van der Waals surface area contributed by atoms with Gasteiger partial charge in [0.1, 0.15) is 29.1 Å². The van der Waals surface area contributed by atoms with Crippen LogP contribution in [0.15, 0.2) is 24.3 Å². The summed E-state index contributed by atoms with van der Waals surface area (Å²) in [6.45, 7) is 11.6. The highest BCUT2D eigenvalue weighted by Gasteiger charge is 2.44. The summed E-state index contributed by atoms with van der Waals surface area (Å²) in [5, 5.41) is 36.8. The van der Waals surface area contributed by atoms with Crippen LogP contribution in [0.4, 0.5) is 9.59 Å². The molecule has 0 bridgehead atoms. The minimum Gasteiger partial charge on any atom is -0.464 e. The molecule has 1 fully saturated rings. The SMILES string of the molecule is CCCC(=O)N[C@H]1C(O)C[C@H](COC(=O)[C@H](Cc2ccc(OC(=O)OC(C)(C)C)cc2)NC(=O)OC(C)(C)C)[C@@H](O)[C@@H]1O. The van der Waals surface area contributed by atoms with E-state index in [1.165, 1.54) is 12.1 Å². The van der Waals surface area contributed by atoms with E-state index in [9.17, 15) is 34.5 Å². The number of aliphatic hydroxyl groups excluding tert-OH is 3. The van der Waals surface area contributed by atoms with Gasteiger partial charge in [-0.2, -0.15) is 0 Å². The van der Waals surface area contributed by atoms with Crippen molar-refractivity contribution in [2.45, 2.75) is 116 Å². The maximum Gasteiger partial charge on any atom is 0.514 e. The van der Waals surface area contributed by atoms with Crippen LogP contribution in [0.1, 0.15) is 73.3 Å². The fourth-order valence-electron chi connectivity index (χ4n) is 4.38. The Morgan fingerprint density at radius 3 is 2.09 bits per heavy atom. The molecule has 0 heterocycles. The van der Waals surface area contributed by atoms with Crippen molar-refractivity contribution >= 4 is 24.1 Å². The minimum atomic E-state index is -1.48. The number of nitrogens with one attached hydrogen (secondary N) is 2. The van der Waals surface area contributed by atoms with Gasteiger partial charge in [0.25, 0.3) is 0 Å². The van der Waals surface area contributed by atoms with Crippen molar-refractivity contribution in [2.75, 3.05) is 6.61 Å². The summed E-state index contributed by atoms with van der Waals surface area (Å²) in [6.07, 6.45) is -5.06. The lowest BCUT2D eigenvalue weighted by Gasteiger charge is -2.40. The van der Waals surface area contributed by atoms with E-state index in [-0.39, 0.29) is 37.5 Å². The van der Waals surface area contributed by atoms with Crippen LogP contribution in [0.2, 0.25) is 0 Å². The molecule has 1 unspecified atom stereocenters. The standard InChI is InChI=1S/C30H46N2O11/c1-8-9-22(34)32-23-21(33)15-18(24(35)25(23)36)16-40-26(37)20(31-27(38)42-29(2,3)4)14-17-10-12-19(13-11-17)41-28(39)43-30(5,6)7/h10-13,18,20-21,23-25,33,35-36H,8-9,14-16H2,1-7H3,(H,31,38)(H,32,34)/t18-,20+,21?,23+,24-,25-/m1/s1. The Morgan fingerprint density at radius 1 is 0.930 bits per heavy atom. The lowest BCUT2D eigenvalue weighted by molar-refractivity contribution is -0.157. The summed E-state index contributed by atoms with van der Waals surface area (Å²) in [7, 11) is 0. The molecule has 5 N–H and O–H groups in total. The Morgan fingerprint density at radius 2 is 1.53 bits per heavy atom. The third kappa shape index (κ3) is 12.4. The Hall–Kier alpha value is -3.42. The Kier molecular flexibility index (Phi) is 12.8. The fourth-order valence-corrected chi connectivity index (χ4v) is 4.38. The van der Waals surface area contributed by atoms with Gasteiger partial charge in [-0.1, -0.05) is 19.1 Å². The Bertz CT molecular complexity index is 1090. The van der Waals surface area contributed by atoms with Crippen molar-refractivity contribution in [3.05, 3.63) is 29.8 Å². The lowest BCUT2D eigenvalue weighted by Crippen LogP contribution is -2.61. The monoisotopic (exact) mass is 610 g/mol. The Labute approximate surface area is 252 Å². The molecule has 13 nitrogen and oxygen atoms in total. The van der Waals surface area contributed by atoms with Gasteiger partial charge in [0.2, 0.25) is 5.91 Å². The van der Waals surface area contributed by atoms with E-state index in [2.05, 4.69) is 10.6 Å². The molecule has 1 aliphatic rings. The molecule has 1 saturated carbocycles. The van der Waals surface area contributed by atoms with Gasteiger partial charge >= 0.3 is 18.2 Å². The molecule has 1 aromatic carbocycles. The molecule has 0 spiro atoms. The normalized spacial score (nSPS) is 23.0. The zero-order valence-corrected chi connectivity index (χ0v) is 25.9. The van der Waals surface area contributed by atoms with Crippen molar-refractivity contribution in [1.29, 1.82) is 0 Å². The smallest absolute Gasteiger partial charge is 0.464 e. The number of carbonyl (C=O) groups is 4. The number of alkyl carbamates (subject to hydrolysis) is 1. The van der Waals surface area contributed by atoms with Crippen molar-refractivity contribution in [3.8, 4) is 5.75 Å². The third-order valence-electron chi connectivity index (χ3n) is 6.33. The molecule has 242 valence electrons. The molecule has 0 aromatic heterocycles. The number of benzene rings is 1. The first-order valence-electron chi connectivity index (χ1n) is 14.4. The van der Waals surface area contributed by atoms with Crippen molar-refractivity contribution in [1.82, 2.24) is 10.6 Å². The van der Waals surface area contributed by atoms with E-state index in [0.29, 0.717) is 12.0 Å².